The van der Waals surface area contributed by atoms with E-state index in [1.54, 1.807) is 0 Å². The van der Waals surface area contributed by atoms with Crippen LogP contribution in [-0.4, -0.2) is 47.9 Å². The van der Waals surface area contributed by atoms with Gasteiger partial charge in [0.15, 0.2) is 0 Å². The number of nitrogens with one attached hydrogen (secondary N) is 4. The molecule has 4 N–H and O–H groups in total. The van der Waals surface area contributed by atoms with E-state index in [2.05, 4.69) is 21.3 Å². The average molecular weight is 710 g/mol. The van der Waals surface area contributed by atoms with Gasteiger partial charge in [0, 0.05) is 13.1 Å². The molecular formula is C38H38CuN4O6. The van der Waals surface area contributed by atoms with Crippen molar-refractivity contribution >= 4 is 23.8 Å². The van der Waals surface area contributed by atoms with Crippen molar-refractivity contribution in [3.8, 4) is 0 Å². The Morgan fingerprint density at radius 1 is 0.551 bits per heavy atom. The molecule has 0 saturated heterocycles. The van der Waals surface area contributed by atoms with Crippen molar-refractivity contribution in [3.05, 3.63) is 143 Å². The monoisotopic (exact) mass is 709 g/mol. The van der Waals surface area contributed by atoms with Gasteiger partial charge in [0.25, 0.3) is 0 Å². The van der Waals surface area contributed by atoms with E-state index in [1.807, 2.05) is 109 Å². The SMILES string of the molecule is O=C([O-])C(Cc1ccccc1)NC(=O)[C@@H]1Cc2ccccc2CN1.O=C([O-])C(Cc1ccccc1)NC(=O)[C@@H]1Cc2ccccc2CN1.[Cu+2]. The molecule has 0 saturated carbocycles. The number of carboxylic acids is 2. The number of amides is 2. The summed E-state index contributed by atoms with van der Waals surface area (Å²) >= 11 is 0. The van der Waals surface area contributed by atoms with E-state index in [4.69, 9.17) is 0 Å². The van der Waals surface area contributed by atoms with E-state index in [-0.39, 0.29) is 41.7 Å². The molecule has 0 aromatic heterocycles. The fourth-order valence-corrected chi connectivity index (χ4v) is 5.91. The summed E-state index contributed by atoms with van der Waals surface area (Å²) < 4.78 is 0. The van der Waals surface area contributed by atoms with Crippen LogP contribution in [0.4, 0.5) is 0 Å². The number of aliphatic carboxylic acids is 2. The number of carbonyl (C=O) groups excluding carboxylic acids is 4. The van der Waals surface area contributed by atoms with Crippen LogP contribution in [0.1, 0.15) is 33.4 Å². The second-order valence-electron chi connectivity index (χ2n) is 12.0. The summed E-state index contributed by atoms with van der Waals surface area (Å²) in [5.41, 5.74) is 6.25. The second kappa shape index (κ2) is 18.1. The molecule has 2 heterocycles. The van der Waals surface area contributed by atoms with Crippen molar-refractivity contribution in [2.24, 2.45) is 0 Å². The van der Waals surface area contributed by atoms with Crippen molar-refractivity contribution in [1.82, 2.24) is 21.3 Å². The summed E-state index contributed by atoms with van der Waals surface area (Å²) in [6, 6.07) is 31.3. The van der Waals surface area contributed by atoms with Gasteiger partial charge in [0.2, 0.25) is 11.8 Å². The Hall–Kier alpha value is -4.80. The van der Waals surface area contributed by atoms with Gasteiger partial charge in [0.1, 0.15) is 0 Å². The molecule has 4 aromatic carbocycles. The van der Waals surface area contributed by atoms with E-state index in [9.17, 15) is 29.4 Å². The van der Waals surface area contributed by atoms with Crippen LogP contribution < -0.4 is 31.5 Å². The van der Waals surface area contributed by atoms with Crippen LogP contribution >= 0.6 is 0 Å². The van der Waals surface area contributed by atoms with Crippen LogP contribution in [0.2, 0.25) is 0 Å². The Morgan fingerprint density at radius 3 is 1.22 bits per heavy atom. The van der Waals surface area contributed by atoms with Crippen molar-refractivity contribution in [1.29, 1.82) is 0 Å². The molecule has 10 nitrogen and oxygen atoms in total. The van der Waals surface area contributed by atoms with Crippen LogP contribution in [0.25, 0.3) is 0 Å². The third-order valence-electron chi connectivity index (χ3n) is 8.56. The van der Waals surface area contributed by atoms with Crippen molar-refractivity contribution in [3.63, 3.8) is 0 Å². The maximum absolute atomic E-state index is 12.4. The van der Waals surface area contributed by atoms with Crippen LogP contribution in [0.15, 0.2) is 109 Å². The number of benzene rings is 4. The first-order valence-electron chi connectivity index (χ1n) is 16.0. The molecular weight excluding hydrogens is 672 g/mol. The predicted octanol–water partition coefficient (Wildman–Crippen LogP) is 0.354. The van der Waals surface area contributed by atoms with Gasteiger partial charge in [-0.3, -0.25) is 9.59 Å². The smallest absolute Gasteiger partial charge is 0.548 e. The van der Waals surface area contributed by atoms with E-state index in [0.717, 1.165) is 22.3 Å². The number of carbonyl (C=O) groups is 4. The minimum atomic E-state index is -1.27. The summed E-state index contributed by atoms with van der Waals surface area (Å²) in [5, 5.41) is 34.3. The Balaban J connectivity index is 0.000000216. The van der Waals surface area contributed by atoms with Crippen LogP contribution in [-0.2, 0) is 75.0 Å². The maximum atomic E-state index is 12.4. The molecule has 4 atom stereocenters. The summed E-state index contributed by atoms with van der Waals surface area (Å²) in [6.07, 6.45) is 1.51. The van der Waals surface area contributed by atoms with Gasteiger partial charge in [-0.25, -0.2) is 0 Å². The summed E-state index contributed by atoms with van der Waals surface area (Å²) in [6.45, 7) is 1.20. The molecule has 0 aliphatic carbocycles. The van der Waals surface area contributed by atoms with Crippen molar-refractivity contribution in [2.75, 3.05) is 0 Å². The summed E-state index contributed by atoms with van der Waals surface area (Å²) in [5.74, 6) is -3.17. The number of rotatable bonds is 10. The van der Waals surface area contributed by atoms with Crippen LogP contribution in [0.5, 0.6) is 0 Å². The molecule has 6 rings (SSSR count). The number of hydrogen-bond donors (Lipinski definition) is 4. The molecule has 0 spiro atoms. The van der Waals surface area contributed by atoms with Gasteiger partial charge in [-0.2, -0.15) is 0 Å². The minimum Gasteiger partial charge on any atom is -0.548 e. The Morgan fingerprint density at radius 2 is 0.878 bits per heavy atom. The molecule has 2 aliphatic heterocycles. The molecule has 2 aliphatic rings. The van der Waals surface area contributed by atoms with Gasteiger partial charge in [-0.15, -0.1) is 0 Å². The molecule has 11 heteroatoms. The number of hydrogen-bond acceptors (Lipinski definition) is 8. The van der Waals surface area contributed by atoms with E-state index in [0.29, 0.717) is 25.9 Å². The van der Waals surface area contributed by atoms with Gasteiger partial charge in [-0.1, -0.05) is 109 Å². The zero-order valence-corrected chi connectivity index (χ0v) is 27.6. The first-order chi connectivity index (χ1) is 23.3. The van der Waals surface area contributed by atoms with Gasteiger partial charge < -0.3 is 41.1 Å². The Kier molecular flexibility index (Phi) is 13.7. The third kappa shape index (κ3) is 10.6. The first-order valence-corrected chi connectivity index (χ1v) is 16.0. The second-order valence-corrected chi connectivity index (χ2v) is 12.0. The van der Waals surface area contributed by atoms with Crippen molar-refractivity contribution < 1.29 is 46.5 Å². The molecule has 4 aromatic rings. The largest absolute Gasteiger partial charge is 2.00 e. The van der Waals surface area contributed by atoms with Crippen molar-refractivity contribution in [2.45, 2.75) is 62.9 Å². The van der Waals surface area contributed by atoms with E-state index < -0.39 is 36.1 Å². The summed E-state index contributed by atoms with van der Waals surface area (Å²) in [7, 11) is 0. The molecule has 2 amide bonds. The van der Waals surface area contributed by atoms with Gasteiger partial charge in [-0.05, 0) is 59.1 Å². The first kappa shape index (κ1) is 37.0. The maximum Gasteiger partial charge on any atom is 2.00 e. The molecule has 0 bridgehead atoms. The average Bonchev–Trinajstić information content (AvgIpc) is 3.11. The number of fused-ring (bicyclic) bond motifs is 2. The van der Waals surface area contributed by atoms with Crippen LogP contribution in [0.3, 0.4) is 0 Å². The van der Waals surface area contributed by atoms with Gasteiger partial charge in [0.05, 0.1) is 36.1 Å². The van der Waals surface area contributed by atoms with E-state index in [1.165, 1.54) is 11.1 Å². The minimum absolute atomic E-state index is 0. The summed E-state index contributed by atoms with van der Waals surface area (Å²) in [4.78, 5) is 47.6. The standard InChI is InChI=1S/2C19H20N2O3.Cu/c2*22-18(16-11-14-8-4-5-9-15(14)12-20-16)21-17(19(23)24)10-13-6-2-1-3-7-13;/h2*1-9,16-17,20H,10-12H2,(H,21,22)(H,23,24);/q;;+2/p-2/t2*16-,17?;/m00./s1. The Labute approximate surface area is 296 Å². The fraction of sp³-hybridized carbons (Fsp3) is 0.263. The zero-order chi connectivity index (χ0) is 33.9. The van der Waals surface area contributed by atoms with E-state index >= 15 is 0 Å². The molecule has 2 unspecified atom stereocenters. The normalized spacial score (nSPS) is 17.2. The Bertz CT molecular complexity index is 1590. The molecule has 1 radical (unpaired) electrons. The fourth-order valence-electron chi connectivity index (χ4n) is 5.91. The van der Waals surface area contributed by atoms with Crippen LogP contribution in [0, 0.1) is 0 Å². The predicted molar refractivity (Wildman–Crippen MR) is 176 cm³/mol. The topological polar surface area (TPSA) is 163 Å². The molecule has 257 valence electrons. The van der Waals surface area contributed by atoms with Gasteiger partial charge >= 0.3 is 17.1 Å². The number of carboxylic acid groups (broad SMARTS) is 2. The zero-order valence-electron chi connectivity index (χ0n) is 26.7. The molecule has 0 fully saturated rings. The molecule has 49 heavy (non-hydrogen) atoms. The third-order valence-corrected chi connectivity index (χ3v) is 8.56. The quantitative estimate of drug-likeness (QED) is 0.172.